The van der Waals surface area contributed by atoms with Crippen molar-refractivity contribution in [2.45, 2.75) is 39.5 Å². The summed E-state index contributed by atoms with van der Waals surface area (Å²) < 4.78 is 13.9. The smallest absolute Gasteiger partial charge is 0.166 e. The number of hydrogen-bond acceptors (Lipinski definition) is 2. The Morgan fingerprint density at radius 3 is 2.84 bits per heavy atom. The van der Waals surface area contributed by atoms with Crippen molar-refractivity contribution in [2.24, 2.45) is 5.92 Å². The monoisotopic (exact) mass is 263 g/mol. The molecule has 1 saturated heterocycles. The maximum Gasteiger partial charge on any atom is 0.166 e. The molecule has 1 unspecified atom stereocenters. The average Bonchev–Trinajstić information content (AvgIpc) is 2.36. The number of nitrogens with one attached hydrogen (secondary N) is 1. The molecule has 2 rings (SSSR count). The minimum atomic E-state index is -0.371. The van der Waals surface area contributed by atoms with Crippen molar-refractivity contribution in [1.29, 1.82) is 0 Å². The van der Waals surface area contributed by atoms with Crippen molar-refractivity contribution in [3.63, 3.8) is 0 Å². The number of benzene rings is 1. The van der Waals surface area contributed by atoms with Crippen molar-refractivity contribution < 1.29 is 9.18 Å². The molecule has 1 heterocycles. The van der Waals surface area contributed by atoms with Gasteiger partial charge in [-0.05, 0) is 69.3 Å². The van der Waals surface area contributed by atoms with Gasteiger partial charge in [-0.2, -0.15) is 0 Å². The van der Waals surface area contributed by atoms with Crippen LogP contribution in [0.25, 0.3) is 0 Å². The Hall–Kier alpha value is -1.22. The summed E-state index contributed by atoms with van der Waals surface area (Å²) in [7, 11) is 0. The summed E-state index contributed by atoms with van der Waals surface area (Å²) in [6, 6.07) is 3.32. The maximum atomic E-state index is 13.9. The van der Waals surface area contributed by atoms with Crippen LogP contribution in [0, 0.1) is 25.6 Å². The van der Waals surface area contributed by atoms with Crippen LogP contribution in [0.15, 0.2) is 12.1 Å². The molecule has 0 bridgehead atoms. The third-order valence-corrected chi connectivity index (χ3v) is 3.89. The first kappa shape index (κ1) is 14.2. The summed E-state index contributed by atoms with van der Waals surface area (Å²) in [4.78, 5) is 12.2. The first-order valence-electron chi connectivity index (χ1n) is 7.08. The summed E-state index contributed by atoms with van der Waals surface area (Å²) in [6.07, 6.45) is 3.66. The third-order valence-electron chi connectivity index (χ3n) is 3.89. The van der Waals surface area contributed by atoms with E-state index in [1.807, 2.05) is 19.9 Å². The van der Waals surface area contributed by atoms with Gasteiger partial charge in [0, 0.05) is 6.42 Å². The van der Waals surface area contributed by atoms with E-state index in [9.17, 15) is 9.18 Å². The van der Waals surface area contributed by atoms with Crippen LogP contribution in [-0.2, 0) is 0 Å². The molecule has 1 fully saturated rings. The number of carbonyl (C=O) groups is 1. The van der Waals surface area contributed by atoms with Gasteiger partial charge in [0.15, 0.2) is 5.78 Å². The lowest BCUT2D eigenvalue weighted by Crippen LogP contribution is -2.30. The highest BCUT2D eigenvalue weighted by molar-refractivity contribution is 5.97. The minimum absolute atomic E-state index is 0.0550. The maximum absolute atomic E-state index is 13.9. The Morgan fingerprint density at radius 2 is 2.21 bits per heavy atom. The lowest BCUT2D eigenvalue weighted by Gasteiger charge is -2.22. The lowest BCUT2D eigenvalue weighted by molar-refractivity contribution is 0.0967. The fraction of sp³-hybridized carbons (Fsp3) is 0.562. The molecule has 0 aromatic heterocycles. The number of piperidine rings is 1. The van der Waals surface area contributed by atoms with Gasteiger partial charge in [-0.25, -0.2) is 4.39 Å². The number of hydrogen-bond donors (Lipinski definition) is 1. The highest BCUT2D eigenvalue weighted by Crippen LogP contribution is 2.21. The number of aryl methyl sites for hydroxylation is 2. The van der Waals surface area contributed by atoms with Gasteiger partial charge in [-0.3, -0.25) is 4.79 Å². The number of carbonyl (C=O) groups excluding carboxylic acids is 1. The SMILES string of the molecule is Cc1cc(C)c(C(=O)CCC2CCCNC2)c(F)c1. The molecular formula is C16H22FNO. The van der Waals surface area contributed by atoms with Crippen LogP contribution in [-0.4, -0.2) is 18.9 Å². The summed E-state index contributed by atoms with van der Waals surface area (Å²) >= 11 is 0. The molecule has 0 radical (unpaired) electrons. The van der Waals surface area contributed by atoms with E-state index in [1.165, 1.54) is 18.9 Å². The Kier molecular flexibility index (Phi) is 4.70. The van der Waals surface area contributed by atoms with E-state index in [4.69, 9.17) is 0 Å². The van der Waals surface area contributed by atoms with Gasteiger partial charge >= 0.3 is 0 Å². The standard InChI is InChI=1S/C16H22FNO/c1-11-8-12(2)16(14(17)9-11)15(19)6-5-13-4-3-7-18-10-13/h8-9,13,18H,3-7,10H2,1-2H3. The number of ketones is 1. The van der Waals surface area contributed by atoms with Crippen LogP contribution >= 0.6 is 0 Å². The molecule has 0 spiro atoms. The zero-order chi connectivity index (χ0) is 13.8. The Bertz CT molecular complexity index is 441. The molecule has 104 valence electrons. The highest BCUT2D eigenvalue weighted by atomic mass is 19.1. The molecule has 0 aliphatic carbocycles. The normalized spacial score (nSPS) is 19.4. The van der Waals surface area contributed by atoms with Crippen LogP contribution in [0.3, 0.4) is 0 Å². The summed E-state index contributed by atoms with van der Waals surface area (Å²) in [5, 5.41) is 3.34. The second kappa shape index (κ2) is 6.29. The van der Waals surface area contributed by atoms with E-state index >= 15 is 0 Å². The van der Waals surface area contributed by atoms with Gasteiger partial charge in [-0.15, -0.1) is 0 Å². The summed E-state index contributed by atoms with van der Waals surface area (Å²) in [5.41, 5.74) is 1.90. The molecule has 1 aliphatic heterocycles. The molecule has 1 atom stereocenters. The lowest BCUT2D eigenvalue weighted by atomic mass is 9.91. The topological polar surface area (TPSA) is 29.1 Å². The largest absolute Gasteiger partial charge is 0.316 e. The van der Waals surface area contributed by atoms with Crippen molar-refractivity contribution in [1.82, 2.24) is 5.32 Å². The Labute approximate surface area is 114 Å². The van der Waals surface area contributed by atoms with E-state index < -0.39 is 0 Å². The zero-order valence-electron chi connectivity index (χ0n) is 11.8. The van der Waals surface area contributed by atoms with Gasteiger partial charge in [0.05, 0.1) is 5.56 Å². The van der Waals surface area contributed by atoms with Crippen molar-refractivity contribution in [2.75, 3.05) is 13.1 Å². The predicted molar refractivity (Wildman–Crippen MR) is 75.0 cm³/mol. The quantitative estimate of drug-likeness (QED) is 0.843. The van der Waals surface area contributed by atoms with Crippen LogP contribution in [0.5, 0.6) is 0 Å². The first-order chi connectivity index (χ1) is 9.08. The van der Waals surface area contributed by atoms with Crippen LogP contribution in [0.2, 0.25) is 0 Å². The zero-order valence-corrected chi connectivity index (χ0v) is 11.8. The third kappa shape index (κ3) is 3.63. The predicted octanol–water partition coefficient (Wildman–Crippen LogP) is 3.41. The molecular weight excluding hydrogens is 241 g/mol. The van der Waals surface area contributed by atoms with Gasteiger partial charge < -0.3 is 5.32 Å². The minimum Gasteiger partial charge on any atom is -0.316 e. The van der Waals surface area contributed by atoms with Crippen molar-refractivity contribution in [3.8, 4) is 0 Å². The van der Waals surface area contributed by atoms with Gasteiger partial charge in [0.1, 0.15) is 5.82 Å². The molecule has 1 aromatic rings. The number of halogens is 1. The van der Waals surface area contributed by atoms with Crippen molar-refractivity contribution >= 4 is 5.78 Å². The summed E-state index contributed by atoms with van der Waals surface area (Å²) in [6.45, 7) is 5.72. The van der Waals surface area contributed by atoms with E-state index in [1.54, 1.807) is 0 Å². The molecule has 1 aliphatic rings. The van der Waals surface area contributed by atoms with E-state index in [0.29, 0.717) is 12.3 Å². The Balaban J connectivity index is 1.99. The summed E-state index contributed by atoms with van der Waals surface area (Å²) in [5.74, 6) is 0.136. The number of Topliss-reactive ketones (excluding diaryl/α,β-unsaturated/α-hetero) is 1. The van der Waals surface area contributed by atoms with Crippen LogP contribution in [0.1, 0.15) is 47.2 Å². The number of rotatable bonds is 4. The molecule has 0 saturated carbocycles. The fourth-order valence-corrected chi connectivity index (χ4v) is 2.90. The molecule has 3 heteroatoms. The second-order valence-electron chi connectivity index (χ2n) is 5.61. The second-order valence-corrected chi connectivity index (χ2v) is 5.61. The van der Waals surface area contributed by atoms with E-state index in [0.717, 1.165) is 30.6 Å². The average molecular weight is 263 g/mol. The van der Waals surface area contributed by atoms with Gasteiger partial charge in [0.25, 0.3) is 0 Å². The molecule has 2 nitrogen and oxygen atoms in total. The van der Waals surface area contributed by atoms with Crippen molar-refractivity contribution in [3.05, 3.63) is 34.6 Å². The molecule has 0 amide bonds. The Morgan fingerprint density at radius 1 is 1.42 bits per heavy atom. The van der Waals surface area contributed by atoms with Gasteiger partial charge in [0.2, 0.25) is 0 Å². The molecule has 1 aromatic carbocycles. The van der Waals surface area contributed by atoms with E-state index in [-0.39, 0.29) is 17.2 Å². The van der Waals surface area contributed by atoms with Crippen LogP contribution < -0.4 is 5.32 Å². The first-order valence-corrected chi connectivity index (χ1v) is 7.08. The highest BCUT2D eigenvalue weighted by Gasteiger charge is 2.18. The van der Waals surface area contributed by atoms with E-state index in [2.05, 4.69) is 5.32 Å². The van der Waals surface area contributed by atoms with Gasteiger partial charge in [-0.1, -0.05) is 6.07 Å². The van der Waals surface area contributed by atoms with Crippen LogP contribution in [0.4, 0.5) is 4.39 Å². The molecule has 19 heavy (non-hydrogen) atoms. The molecule has 1 N–H and O–H groups in total. The fourth-order valence-electron chi connectivity index (χ4n) is 2.90.